The number of carboxylic acid groups (broad SMARTS) is 1. The molecule has 1 saturated carbocycles. The highest BCUT2D eigenvalue weighted by molar-refractivity contribution is 6.30. The first-order valence-corrected chi connectivity index (χ1v) is 6.95. The van der Waals surface area contributed by atoms with Crippen LogP contribution in [0.15, 0.2) is 24.3 Å². The van der Waals surface area contributed by atoms with Crippen LogP contribution in [0.25, 0.3) is 0 Å². The second-order valence-electron chi connectivity index (χ2n) is 5.96. The number of carbonyl (C=O) groups excluding carboxylic acids is 1. The molecule has 1 aromatic rings. The minimum Gasteiger partial charge on any atom is -0.481 e. The molecule has 1 amide bonds. The summed E-state index contributed by atoms with van der Waals surface area (Å²) in [6, 6.07) is 6.36. The van der Waals surface area contributed by atoms with Crippen LogP contribution in [0.1, 0.15) is 38.3 Å². The Morgan fingerprint density at radius 1 is 1.40 bits per heavy atom. The lowest BCUT2D eigenvalue weighted by atomic mass is 10.0. The van der Waals surface area contributed by atoms with E-state index in [9.17, 15) is 9.59 Å². The molecule has 1 aliphatic rings. The number of hydrogen-bond donors (Lipinski definition) is 2. The third-order valence-corrected chi connectivity index (χ3v) is 4.05. The molecule has 0 unspecified atom stereocenters. The minimum atomic E-state index is -0.944. The molecule has 1 aliphatic carbocycles. The number of carbonyl (C=O) groups is 2. The summed E-state index contributed by atoms with van der Waals surface area (Å²) in [6.07, 6.45) is 0.708. The summed E-state index contributed by atoms with van der Waals surface area (Å²) >= 11 is 5.82. The summed E-state index contributed by atoms with van der Waals surface area (Å²) < 4.78 is 0. The first-order valence-electron chi connectivity index (χ1n) is 6.57. The Hall–Kier alpha value is -1.55. The van der Waals surface area contributed by atoms with Gasteiger partial charge < -0.3 is 10.4 Å². The molecule has 5 heteroatoms. The van der Waals surface area contributed by atoms with E-state index in [2.05, 4.69) is 5.32 Å². The highest BCUT2D eigenvalue weighted by atomic mass is 35.5. The molecule has 1 aromatic carbocycles. The molecule has 4 nitrogen and oxygen atoms in total. The van der Waals surface area contributed by atoms with Crippen LogP contribution in [0, 0.1) is 11.3 Å². The average Bonchev–Trinajstić information content (AvgIpc) is 2.98. The summed E-state index contributed by atoms with van der Waals surface area (Å²) in [6.45, 7) is 4.07. The Bertz CT molecular complexity index is 524. The smallest absolute Gasteiger partial charge is 0.305 e. The van der Waals surface area contributed by atoms with Gasteiger partial charge in [-0.3, -0.25) is 9.59 Å². The van der Waals surface area contributed by atoms with E-state index in [1.54, 1.807) is 24.3 Å². The molecule has 2 N–H and O–H groups in total. The van der Waals surface area contributed by atoms with Crippen LogP contribution in [0.4, 0.5) is 0 Å². The zero-order chi connectivity index (χ0) is 14.9. The summed E-state index contributed by atoms with van der Waals surface area (Å²) in [7, 11) is 0. The van der Waals surface area contributed by atoms with Crippen molar-refractivity contribution in [1.82, 2.24) is 5.32 Å². The van der Waals surface area contributed by atoms with Gasteiger partial charge in [0.2, 0.25) is 5.91 Å². The summed E-state index contributed by atoms with van der Waals surface area (Å²) in [5.74, 6) is -1.04. The topological polar surface area (TPSA) is 66.4 Å². The fourth-order valence-electron chi connectivity index (χ4n) is 2.31. The van der Waals surface area contributed by atoms with Crippen molar-refractivity contribution in [3.05, 3.63) is 34.9 Å². The molecule has 108 valence electrons. The van der Waals surface area contributed by atoms with Crippen molar-refractivity contribution in [1.29, 1.82) is 0 Å². The van der Waals surface area contributed by atoms with Crippen LogP contribution in [0.2, 0.25) is 5.02 Å². The van der Waals surface area contributed by atoms with E-state index >= 15 is 0 Å². The third-order valence-electron chi connectivity index (χ3n) is 3.80. The predicted molar refractivity (Wildman–Crippen MR) is 76.5 cm³/mol. The van der Waals surface area contributed by atoms with Gasteiger partial charge in [0.25, 0.3) is 0 Å². The number of aliphatic carboxylic acids is 1. The van der Waals surface area contributed by atoms with Gasteiger partial charge >= 0.3 is 5.97 Å². The zero-order valence-electron chi connectivity index (χ0n) is 11.5. The molecular weight excluding hydrogens is 278 g/mol. The number of hydrogen-bond acceptors (Lipinski definition) is 2. The zero-order valence-corrected chi connectivity index (χ0v) is 12.3. The predicted octanol–water partition coefficient (Wildman–Crippen LogP) is 3.02. The molecule has 0 heterocycles. The molecule has 1 fully saturated rings. The number of nitrogens with one attached hydrogen (secondary N) is 1. The van der Waals surface area contributed by atoms with Crippen LogP contribution < -0.4 is 5.32 Å². The van der Waals surface area contributed by atoms with Crippen molar-refractivity contribution in [2.24, 2.45) is 11.3 Å². The standard InChI is InChI=1S/C15H18ClNO3/c1-15(2)8-11(15)14(20)17-12(7-13(18)19)9-3-5-10(16)6-4-9/h3-6,11-12H,7-8H2,1-2H3,(H,17,20)(H,18,19)/t11-,12+/m1/s1. The number of amides is 1. The van der Waals surface area contributed by atoms with Crippen molar-refractivity contribution < 1.29 is 14.7 Å². The van der Waals surface area contributed by atoms with Crippen LogP contribution in [-0.2, 0) is 9.59 Å². The first-order chi connectivity index (χ1) is 9.29. The summed E-state index contributed by atoms with van der Waals surface area (Å²) in [5.41, 5.74) is 0.779. The Morgan fingerprint density at radius 2 is 1.95 bits per heavy atom. The van der Waals surface area contributed by atoms with Crippen LogP contribution in [0.5, 0.6) is 0 Å². The first kappa shape index (κ1) is 14.9. The Balaban J connectivity index is 2.10. The maximum atomic E-state index is 12.1. The number of benzene rings is 1. The highest BCUT2D eigenvalue weighted by Gasteiger charge is 2.50. The number of rotatable bonds is 5. The van der Waals surface area contributed by atoms with E-state index in [4.69, 9.17) is 16.7 Å². The molecule has 20 heavy (non-hydrogen) atoms. The number of halogens is 1. The van der Waals surface area contributed by atoms with E-state index in [0.717, 1.165) is 12.0 Å². The van der Waals surface area contributed by atoms with Gasteiger partial charge in [0.05, 0.1) is 12.5 Å². The fraction of sp³-hybridized carbons (Fsp3) is 0.467. The van der Waals surface area contributed by atoms with Gasteiger partial charge in [-0.25, -0.2) is 0 Å². The quantitative estimate of drug-likeness (QED) is 0.877. The molecule has 0 aliphatic heterocycles. The van der Waals surface area contributed by atoms with Gasteiger partial charge in [-0.05, 0) is 29.5 Å². The van der Waals surface area contributed by atoms with Gasteiger partial charge in [0, 0.05) is 10.9 Å². The van der Waals surface area contributed by atoms with Crippen LogP contribution in [0.3, 0.4) is 0 Å². The maximum absolute atomic E-state index is 12.1. The number of carboxylic acids is 1. The molecule has 0 saturated heterocycles. The largest absolute Gasteiger partial charge is 0.481 e. The SMILES string of the molecule is CC1(C)C[C@@H]1C(=O)N[C@@H](CC(=O)O)c1ccc(Cl)cc1. The van der Waals surface area contributed by atoms with Crippen molar-refractivity contribution in [3.8, 4) is 0 Å². The monoisotopic (exact) mass is 295 g/mol. The minimum absolute atomic E-state index is 0.0221. The van der Waals surface area contributed by atoms with E-state index in [1.165, 1.54) is 0 Å². The second-order valence-corrected chi connectivity index (χ2v) is 6.39. The van der Waals surface area contributed by atoms with Crippen molar-refractivity contribution >= 4 is 23.5 Å². The van der Waals surface area contributed by atoms with Gasteiger partial charge in [-0.1, -0.05) is 37.6 Å². The van der Waals surface area contributed by atoms with E-state index < -0.39 is 12.0 Å². The van der Waals surface area contributed by atoms with Crippen molar-refractivity contribution in [2.45, 2.75) is 32.7 Å². The highest BCUT2D eigenvalue weighted by Crippen LogP contribution is 2.51. The van der Waals surface area contributed by atoms with Crippen molar-refractivity contribution in [2.75, 3.05) is 0 Å². The lowest BCUT2D eigenvalue weighted by Gasteiger charge is -2.18. The Labute approximate surface area is 123 Å². The van der Waals surface area contributed by atoms with E-state index in [0.29, 0.717) is 5.02 Å². The normalized spacial score (nSPS) is 21.1. The van der Waals surface area contributed by atoms with Gasteiger partial charge in [-0.15, -0.1) is 0 Å². The average molecular weight is 296 g/mol. The molecule has 0 aromatic heterocycles. The molecule has 2 atom stereocenters. The molecular formula is C15H18ClNO3. The lowest BCUT2D eigenvalue weighted by molar-refractivity contribution is -0.137. The van der Waals surface area contributed by atoms with Gasteiger partial charge in [0.15, 0.2) is 0 Å². The van der Waals surface area contributed by atoms with Crippen LogP contribution >= 0.6 is 11.6 Å². The molecule has 0 spiro atoms. The van der Waals surface area contributed by atoms with Crippen LogP contribution in [-0.4, -0.2) is 17.0 Å². The van der Waals surface area contributed by atoms with Gasteiger partial charge in [0.1, 0.15) is 0 Å². The molecule has 2 rings (SSSR count). The summed E-state index contributed by atoms with van der Waals surface area (Å²) in [4.78, 5) is 23.1. The molecule has 0 radical (unpaired) electrons. The fourth-order valence-corrected chi connectivity index (χ4v) is 2.43. The summed E-state index contributed by atoms with van der Waals surface area (Å²) in [5, 5.41) is 12.4. The second kappa shape index (κ2) is 5.44. The Kier molecular flexibility index (Phi) is 4.04. The van der Waals surface area contributed by atoms with Crippen molar-refractivity contribution in [3.63, 3.8) is 0 Å². The maximum Gasteiger partial charge on any atom is 0.305 e. The van der Waals surface area contributed by atoms with Gasteiger partial charge in [-0.2, -0.15) is 0 Å². The van der Waals surface area contributed by atoms with E-state index in [-0.39, 0.29) is 23.7 Å². The third kappa shape index (κ3) is 3.51. The Morgan fingerprint density at radius 3 is 2.40 bits per heavy atom. The van der Waals surface area contributed by atoms with E-state index in [1.807, 2.05) is 13.8 Å². The molecule has 0 bridgehead atoms. The lowest BCUT2D eigenvalue weighted by Crippen LogP contribution is -2.32.